The molecule has 72 valence electrons. The largest absolute Gasteiger partial charge is 0.380 e. The van der Waals surface area contributed by atoms with Crippen molar-refractivity contribution >= 4 is 29.1 Å². The van der Waals surface area contributed by atoms with Crippen molar-refractivity contribution in [3.63, 3.8) is 0 Å². The van der Waals surface area contributed by atoms with Gasteiger partial charge in [-0.25, -0.2) is 0 Å². The van der Waals surface area contributed by atoms with Gasteiger partial charge in [-0.2, -0.15) is 0 Å². The van der Waals surface area contributed by atoms with Crippen molar-refractivity contribution in [1.82, 2.24) is 0 Å². The van der Waals surface area contributed by atoms with E-state index in [9.17, 15) is 0 Å². The molecule has 3 rings (SSSR count). The van der Waals surface area contributed by atoms with E-state index in [0.29, 0.717) is 0 Å². The SMILES string of the molecule is ClC1CNc2cccc3c2N1CC=C3. The molecule has 0 saturated carbocycles. The van der Waals surface area contributed by atoms with E-state index in [-0.39, 0.29) is 5.50 Å². The van der Waals surface area contributed by atoms with E-state index in [0.717, 1.165) is 13.1 Å². The molecule has 0 aliphatic carbocycles. The molecule has 2 aliphatic rings. The second kappa shape index (κ2) is 2.92. The Labute approximate surface area is 88.2 Å². The second-order valence-electron chi connectivity index (χ2n) is 3.61. The Hall–Kier alpha value is -1.15. The molecule has 1 atom stereocenters. The van der Waals surface area contributed by atoms with Crippen LogP contribution in [0.1, 0.15) is 5.56 Å². The van der Waals surface area contributed by atoms with E-state index in [1.165, 1.54) is 16.9 Å². The highest BCUT2D eigenvalue weighted by Crippen LogP contribution is 2.38. The summed E-state index contributed by atoms with van der Waals surface area (Å²) in [5.41, 5.74) is 3.77. The summed E-state index contributed by atoms with van der Waals surface area (Å²) in [5.74, 6) is 0. The highest BCUT2D eigenvalue weighted by atomic mass is 35.5. The summed E-state index contributed by atoms with van der Waals surface area (Å²) in [4.78, 5) is 2.24. The Kier molecular flexibility index (Phi) is 1.71. The van der Waals surface area contributed by atoms with Crippen LogP contribution in [-0.2, 0) is 0 Å². The lowest BCUT2D eigenvalue weighted by atomic mass is 10.0. The molecule has 0 amide bonds. The van der Waals surface area contributed by atoms with Crippen molar-refractivity contribution in [1.29, 1.82) is 0 Å². The van der Waals surface area contributed by atoms with Crippen LogP contribution in [0.2, 0.25) is 0 Å². The van der Waals surface area contributed by atoms with Crippen LogP contribution in [0.4, 0.5) is 11.4 Å². The number of nitrogens with zero attached hydrogens (tertiary/aromatic N) is 1. The molecular weight excluding hydrogens is 196 g/mol. The molecular formula is C11H11ClN2. The summed E-state index contributed by atoms with van der Waals surface area (Å²) < 4.78 is 0. The van der Waals surface area contributed by atoms with Crippen LogP contribution in [0.15, 0.2) is 24.3 Å². The Bertz CT molecular complexity index is 400. The van der Waals surface area contributed by atoms with Gasteiger partial charge in [-0.1, -0.05) is 35.9 Å². The smallest absolute Gasteiger partial charge is 0.122 e. The standard InChI is InChI=1S/C11H11ClN2/c12-10-7-13-9-5-1-3-8-4-2-6-14(10)11(8)9/h1-5,10,13H,6-7H2. The topological polar surface area (TPSA) is 15.3 Å². The van der Waals surface area contributed by atoms with E-state index in [2.05, 4.69) is 40.6 Å². The van der Waals surface area contributed by atoms with Crippen LogP contribution in [-0.4, -0.2) is 18.6 Å². The maximum atomic E-state index is 6.25. The lowest BCUT2D eigenvalue weighted by Crippen LogP contribution is -2.41. The quantitative estimate of drug-likeness (QED) is 0.519. The highest BCUT2D eigenvalue weighted by molar-refractivity contribution is 6.23. The average Bonchev–Trinajstić information content (AvgIpc) is 2.24. The molecule has 0 fully saturated rings. The molecule has 0 aromatic heterocycles. The monoisotopic (exact) mass is 206 g/mol. The first-order valence-electron chi connectivity index (χ1n) is 4.80. The number of anilines is 2. The van der Waals surface area contributed by atoms with Crippen LogP contribution in [0.25, 0.3) is 6.08 Å². The Balaban J connectivity index is 2.22. The molecule has 0 bridgehead atoms. The minimum atomic E-state index is 0.0635. The summed E-state index contributed by atoms with van der Waals surface area (Å²) in [6.07, 6.45) is 4.32. The van der Waals surface area contributed by atoms with Gasteiger partial charge in [0.05, 0.1) is 11.4 Å². The van der Waals surface area contributed by atoms with Crippen molar-refractivity contribution in [2.24, 2.45) is 0 Å². The van der Waals surface area contributed by atoms with Gasteiger partial charge in [0.25, 0.3) is 0 Å². The van der Waals surface area contributed by atoms with Gasteiger partial charge in [-0.05, 0) is 11.6 Å². The van der Waals surface area contributed by atoms with Gasteiger partial charge in [0.2, 0.25) is 0 Å². The lowest BCUT2D eigenvalue weighted by Gasteiger charge is -2.38. The summed E-state index contributed by atoms with van der Waals surface area (Å²) >= 11 is 6.25. The normalized spacial score (nSPS) is 22.9. The molecule has 0 spiro atoms. The van der Waals surface area contributed by atoms with E-state index in [4.69, 9.17) is 11.6 Å². The third-order valence-electron chi connectivity index (χ3n) is 2.75. The number of para-hydroxylation sites is 1. The van der Waals surface area contributed by atoms with Gasteiger partial charge in [-0.3, -0.25) is 0 Å². The molecule has 3 heteroatoms. The minimum Gasteiger partial charge on any atom is -0.380 e. The van der Waals surface area contributed by atoms with E-state index < -0.39 is 0 Å². The van der Waals surface area contributed by atoms with Crippen LogP contribution in [0.5, 0.6) is 0 Å². The first-order valence-corrected chi connectivity index (χ1v) is 5.24. The summed E-state index contributed by atoms with van der Waals surface area (Å²) in [5, 5.41) is 3.34. The van der Waals surface area contributed by atoms with Gasteiger partial charge < -0.3 is 10.2 Å². The molecule has 2 nitrogen and oxygen atoms in total. The number of nitrogens with one attached hydrogen (secondary N) is 1. The van der Waals surface area contributed by atoms with E-state index in [1.807, 2.05) is 0 Å². The maximum Gasteiger partial charge on any atom is 0.122 e. The number of halogens is 1. The number of hydrogen-bond donors (Lipinski definition) is 1. The first kappa shape index (κ1) is 8.18. The predicted molar refractivity (Wildman–Crippen MR) is 61.0 cm³/mol. The lowest BCUT2D eigenvalue weighted by molar-refractivity contribution is 0.781. The summed E-state index contributed by atoms with van der Waals surface area (Å²) in [6.45, 7) is 1.73. The van der Waals surface area contributed by atoms with Crippen LogP contribution in [0, 0.1) is 0 Å². The van der Waals surface area contributed by atoms with Crippen molar-refractivity contribution in [3.05, 3.63) is 29.8 Å². The molecule has 1 N–H and O–H groups in total. The number of alkyl halides is 1. The number of hydrogen-bond acceptors (Lipinski definition) is 2. The van der Waals surface area contributed by atoms with Gasteiger partial charge >= 0.3 is 0 Å². The van der Waals surface area contributed by atoms with Gasteiger partial charge in [0.15, 0.2) is 0 Å². The molecule has 0 saturated heterocycles. The van der Waals surface area contributed by atoms with E-state index in [1.54, 1.807) is 0 Å². The molecule has 1 aromatic carbocycles. The fraction of sp³-hybridized carbons (Fsp3) is 0.273. The van der Waals surface area contributed by atoms with Crippen molar-refractivity contribution < 1.29 is 0 Å². The zero-order valence-electron chi connectivity index (χ0n) is 7.70. The predicted octanol–water partition coefficient (Wildman–Crippen LogP) is 2.51. The van der Waals surface area contributed by atoms with Gasteiger partial charge in [0, 0.05) is 13.1 Å². The third-order valence-corrected chi connectivity index (χ3v) is 3.14. The van der Waals surface area contributed by atoms with E-state index >= 15 is 0 Å². The van der Waals surface area contributed by atoms with Crippen LogP contribution >= 0.6 is 11.6 Å². The fourth-order valence-electron chi connectivity index (χ4n) is 2.10. The second-order valence-corrected chi connectivity index (χ2v) is 4.12. The highest BCUT2D eigenvalue weighted by Gasteiger charge is 2.26. The van der Waals surface area contributed by atoms with Crippen molar-refractivity contribution in [2.75, 3.05) is 23.3 Å². The minimum absolute atomic E-state index is 0.0635. The van der Waals surface area contributed by atoms with Gasteiger partial charge in [0.1, 0.15) is 5.50 Å². The first-order chi connectivity index (χ1) is 6.86. The molecule has 1 unspecified atom stereocenters. The summed E-state index contributed by atoms with van der Waals surface area (Å²) in [7, 11) is 0. The number of rotatable bonds is 0. The molecule has 0 radical (unpaired) electrons. The van der Waals surface area contributed by atoms with Crippen molar-refractivity contribution in [3.8, 4) is 0 Å². The molecule has 2 heterocycles. The Morgan fingerprint density at radius 3 is 3.29 bits per heavy atom. The molecule has 1 aromatic rings. The maximum absolute atomic E-state index is 6.25. The molecule has 14 heavy (non-hydrogen) atoms. The zero-order chi connectivity index (χ0) is 9.54. The van der Waals surface area contributed by atoms with Crippen LogP contribution in [0.3, 0.4) is 0 Å². The third kappa shape index (κ3) is 1.04. The zero-order valence-corrected chi connectivity index (χ0v) is 8.46. The van der Waals surface area contributed by atoms with Crippen LogP contribution < -0.4 is 10.2 Å². The molecule has 2 aliphatic heterocycles. The van der Waals surface area contributed by atoms with Gasteiger partial charge in [-0.15, -0.1) is 0 Å². The Morgan fingerprint density at radius 2 is 2.36 bits per heavy atom. The average molecular weight is 207 g/mol. The fourth-order valence-corrected chi connectivity index (χ4v) is 2.36. The summed E-state index contributed by atoms with van der Waals surface area (Å²) in [6, 6.07) is 6.30. The Morgan fingerprint density at radius 1 is 1.43 bits per heavy atom. The number of benzene rings is 1. The van der Waals surface area contributed by atoms with Crippen molar-refractivity contribution in [2.45, 2.75) is 5.50 Å².